The second kappa shape index (κ2) is 20.7. The summed E-state index contributed by atoms with van der Waals surface area (Å²) < 4.78 is 0. The average molecular weight is 414 g/mol. The molecule has 0 heterocycles. The molecule has 4 heteroatoms. The summed E-state index contributed by atoms with van der Waals surface area (Å²) in [5.74, 6) is 4.09. The SMILES string of the molecule is CCCCCCCCCCCCCCCCCCCCCCC(C)(O)C(=O)ON. The van der Waals surface area contributed by atoms with Gasteiger partial charge in [0.25, 0.3) is 0 Å². The highest BCUT2D eigenvalue weighted by atomic mass is 16.7. The molecule has 0 rings (SSSR count). The zero-order chi connectivity index (χ0) is 21.6. The fourth-order valence-electron chi connectivity index (χ4n) is 3.95. The third-order valence-electron chi connectivity index (χ3n) is 6.06. The highest BCUT2D eigenvalue weighted by Crippen LogP contribution is 2.18. The molecule has 0 aromatic rings. The second-order valence-corrected chi connectivity index (χ2v) is 9.15. The zero-order valence-electron chi connectivity index (χ0n) is 19.7. The normalized spacial score (nSPS) is 13.4. The summed E-state index contributed by atoms with van der Waals surface area (Å²) in [5.41, 5.74) is -1.44. The topological polar surface area (TPSA) is 72.5 Å². The molecule has 174 valence electrons. The number of carbonyl (C=O) groups is 1. The average Bonchev–Trinajstić information content (AvgIpc) is 2.71. The summed E-state index contributed by atoms with van der Waals surface area (Å²) in [6.45, 7) is 3.75. The Morgan fingerprint density at radius 2 is 0.931 bits per heavy atom. The second-order valence-electron chi connectivity index (χ2n) is 9.15. The fraction of sp³-hybridized carbons (Fsp3) is 0.960. The maximum atomic E-state index is 11.3. The lowest BCUT2D eigenvalue weighted by molar-refractivity contribution is -0.165. The van der Waals surface area contributed by atoms with Crippen molar-refractivity contribution in [3.05, 3.63) is 0 Å². The number of unbranched alkanes of at least 4 members (excludes halogenated alkanes) is 19. The molecule has 0 saturated carbocycles. The van der Waals surface area contributed by atoms with Crippen molar-refractivity contribution >= 4 is 5.97 Å². The molecule has 0 aliphatic heterocycles. The lowest BCUT2D eigenvalue weighted by Gasteiger charge is -2.19. The van der Waals surface area contributed by atoms with Gasteiger partial charge in [0.05, 0.1) is 0 Å². The monoisotopic (exact) mass is 413 g/mol. The maximum Gasteiger partial charge on any atom is 0.356 e. The van der Waals surface area contributed by atoms with Gasteiger partial charge >= 0.3 is 5.97 Å². The van der Waals surface area contributed by atoms with Gasteiger partial charge in [-0.15, -0.1) is 0 Å². The Hall–Kier alpha value is -0.610. The van der Waals surface area contributed by atoms with Crippen LogP contribution in [-0.2, 0) is 9.63 Å². The van der Waals surface area contributed by atoms with E-state index in [0.29, 0.717) is 6.42 Å². The van der Waals surface area contributed by atoms with Crippen LogP contribution in [0.3, 0.4) is 0 Å². The number of nitrogens with two attached hydrogens (primary N) is 1. The third-order valence-corrected chi connectivity index (χ3v) is 6.06. The molecule has 1 unspecified atom stereocenters. The van der Waals surface area contributed by atoms with E-state index in [4.69, 9.17) is 5.90 Å². The summed E-state index contributed by atoms with van der Waals surface area (Å²) in [6, 6.07) is 0. The Morgan fingerprint density at radius 3 is 1.21 bits per heavy atom. The molecule has 0 aliphatic rings. The quantitative estimate of drug-likeness (QED) is 0.143. The largest absolute Gasteiger partial charge is 0.378 e. The van der Waals surface area contributed by atoms with E-state index in [9.17, 15) is 9.90 Å². The molecule has 0 saturated heterocycles. The van der Waals surface area contributed by atoms with Gasteiger partial charge in [-0.3, -0.25) is 0 Å². The highest BCUT2D eigenvalue weighted by Gasteiger charge is 2.30. The van der Waals surface area contributed by atoms with Crippen LogP contribution in [0.4, 0.5) is 0 Å². The molecular formula is C25H51NO3. The first-order valence-corrected chi connectivity index (χ1v) is 12.7. The number of aliphatic hydroxyl groups is 1. The molecule has 0 aromatic heterocycles. The smallest absolute Gasteiger partial charge is 0.356 e. The molecular weight excluding hydrogens is 362 g/mol. The summed E-state index contributed by atoms with van der Waals surface area (Å²) in [7, 11) is 0. The molecule has 0 amide bonds. The van der Waals surface area contributed by atoms with E-state index in [1.807, 2.05) is 0 Å². The first-order chi connectivity index (χ1) is 14.0. The molecule has 0 radical (unpaired) electrons. The summed E-state index contributed by atoms with van der Waals surface area (Å²) in [4.78, 5) is 15.4. The van der Waals surface area contributed by atoms with E-state index in [2.05, 4.69) is 11.8 Å². The minimum atomic E-state index is -1.44. The lowest BCUT2D eigenvalue weighted by Crippen LogP contribution is -2.38. The predicted molar refractivity (Wildman–Crippen MR) is 124 cm³/mol. The van der Waals surface area contributed by atoms with Crippen LogP contribution < -0.4 is 5.90 Å². The van der Waals surface area contributed by atoms with E-state index >= 15 is 0 Å². The van der Waals surface area contributed by atoms with Crippen LogP contribution in [0.2, 0.25) is 0 Å². The number of hydrogen-bond acceptors (Lipinski definition) is 4. The Kier molecular flexibility index (Phi) is 20.2. The number of carbonyl (C=O) groups excluding carboxylic acids is 1. The van der Waals surface area contributed by atoms with Crippen LogP contribution in [-0.4, -0.2) is 16.7 Å². The van der Waals surface area contributed by atoms with Gasteiger partial charge in [-0.05, 0) is 19.8 Å². The van der Waals surface area contributed by atoms with Crippen molar-refractivity contribution in [1.29, 1.82) is 0 Å². The highest BCUT2D eigenvalue weighted by molar-refractivity contribution is 5.78. The van der Waals surface area contributed by atoms with Gasteiger partial charge in [0, 0.05) is 0 Å². The maximum absolute atomic E-state index is 11.3. The van der Waals surface area contributed by atoms with Crippen molar-refractivity contribution in [3.8, 4) is 0 Å². The summed E-state index contributed by atoms with van der Waals surface area (Å²) in [6.07, 6.45) is 27.3. The van der Waals surface area contributed by atoms with E-state index in [1.165, 1.54) is 122 Å². The zero-order valence-corrected chi connectivity index (χ0v) is 19.7. The summed E-state index contributed by atoms with van der Waals surface area (Å²) in [5, 5.41) is 9.88. The Bertz CT molecular complexity index is 358. The first-order valence-electron chi connectivity index (χ1n) is 12.7. The Morgan fingerprint density at radius 1 is 0.655 bits per heavy atom. The molecule has 0 spiro atoms. The van der Waals surface area contributed by atoms with Crippen LogP contribution in [0.25, 0.3) is 0 Å². The number of rotatable bonds is 22. The predicted octanol–water partition coefficient (Wildman–Crippen LogP) is 7.37. The van der Waals surface area contributed by atoms with Gasteiger partial charge in [0.2, 0.25) is 0 Å². The van der Waals surface area contributed by atoms with Crippen LogP contribution in [0.5, 0.6) is 0 Å². The van der Waals surface area contributed by atoms with Crippen molar-refractivity contribution in [3.63, 3.8) is 0 Å². The van der Waals surface area contributed by atoms with Gasteiger partial charge in [0.15, 0.2) is 5.60 Å². The van der Waals surface area contributed by atoms with Crippen molar-refractivity contribution in [2.75, 3.05) is 0 Å². The molecule has 0 fully saturated rings. The van der Waals surface area contributed by atoms with Gasteiger partial charge in [-0.2, -0.15) is 5.90 Å². The van der Waals surface area contributed by atoms with Gasteiger partial charge in [-0.1, -0.05) is 129 Å². The van der Waals surface area contributed by atoms with Gasteiger partial charge in [-0.25, -0.2) is 4.79 Å². The first kappa shape index (κ1) is 28.4. The van der Waals surface area contributed by atoms with Gasteiger partial charge < -0.3 is 9.94 Å². The van der Waals surface area contributed by atoms with E-state index in [-0.39, 0.29) is 0 Å². The molecule has 0 aromatic carbocycles. The fourth-order valence-corrected chi connectivity index (χ4v) is 3.95. The van der Waals surface area contributed by atoms with E-state index in [1.54, 1.807) is 0 Å². The Balaban J connectivity index is 3.16. The number of hydrogen-bond donors (Lipinski definition) is 2. The molecule has 1 atom stereocenters. The van der Waals surface area contributed by atoms with Crippen molar-refractivity contribution in [2.24, 2.45) is 5.90 Å². The van der Waals surface area contributed by atoms with Crippen molar-refractivity contribution < 1.29 is 14.7 Å². The lowest BCUT2D eigenvalue weighted by atomic mass is 9.97. The molecule has 0 aliphatic carbocycles. The Labute approximate surface area is 181 Å². The minimum Gasteiger partial charge on any atom is -0.378 e. The van der Waals surface area contributed by atoms with Crippen LogP contribution in [0.1, 0.15) is 149 Å². The van der Waals surface area contributed by atoms with Crippen LogP contribution in [0, 0.1) is 0 Å². The molecule has 29 heavy (non-hydrogen) atoms. The van der Waals surface area contributed by atoms with E-state index in [0.717, 1.165) is 12.8 Å². The van der Waals surface area contributed by atoms with Crippen LogP contribution >= 0.6 is 0 Å². The van der Waals surface area contributed by atoms with E-state index < -0.39 is 11.6 Å². The van der Waals surface area contributed by atoms with Crippen molar-refractivity contribution in [1.82, 2.24) is 0 Å². The van der Waals surface area contributed by atoms with Crippen LogP contribution in [0.15, 0.2) is 0 Å². The van der Waals surface area contributed by atoms with Crippen molar-refractivity contribution in [2.45, 2.75) is 154 Å². The summed E-state index contributed by atoms with van der Waals surface area (Å²) >= 11 is 0. The molecule has 4 nitrogen and oxygen atoms in total. The standard InChI is InChI=1S/C25H51NO3/c1-3-4-5-6-7-8-9-10-11-12-13-14-15-16-17-18-19-20-21-22-23-25(2,28)24(27)29-26/h28H,3-23,26H2,1-2H3. The third kappa shape index (κ3) is 19.1. The molecule has 3 N–H and O–H groups in total. The van der Waals surface area contributed by atoms with Gasteiger partial charge in [0.1, 0.15) is 0 Å². The minimum absolute atomic E-state index is 0.419. The molecule has 0 bridgehead atoms.